The number of hydrogen-bond acceptors (Lipinski definition) is 6. The number of nitrogens with one attached hydrogen (secondary N) is 2. The fourth-order valence-corrected chi connectivity index (χ4v) is 3.57. The van der Waals surface area contributed by atoms with Crippen LogP contribution in [0.5, 0.6) is 11.5 Å². The van der Waals surface area contributed by atoms with Crippen LogP contribution < -0.4 is 20.1 Å². The van der Waals surface area contributed by atoms with Crippen LogP contribution in [0.4, 0.5) is 10.6 Å². The number of aryl methyl sites for hydroxylation is 1. The van der Waals surface area contributed by atoms with Gasteiger partial charge < -0.3 is 14.8 Å². The Kier molecular flexibility index (Phi) is 7.49. The minimum Gasteiger partial charge on any atom is -0.497 e. The standard InChI is InChI=1S/C26H27N5O3/c1-33-19-11-12-20(23(16-19)34-2)22-17-28-21-13-14-24(30-25(21)29-22)31-26(32)27-15-7-6-10-18-8-4-3-5-9-18/h3-5,8-9,11-14,16-17H,6-7,10,15H2,1-2H3,(H2,27,29,30,31,32). The number of amides is 2. The number of aromatic nitrogens is 3. The number of benzene rings is 2. The van der Waals surface area contributed by atoms with Gasteiger partial charge in [-0.25, -0.2) is 14.8 Å². The number of methoxy groups -OCH3 is 2. The van der Waals surface area contributed by atoms with Gasteiger partial charge in [0, 0.05) is 18.2 Å². The summed E-state index contributed by atoms with van der Waals surface area (Å²) in [4.78, 5) is 25.8. The number of nitrogens with zero attached hydrogens (tertiary/aromatic N) is 3. The van der Waals surface area contributed by atoms with Crippen molar-refractivity contribution in [3.05, 3.63) is 72.4 Å². The van der Waals surface area contributed by atoms with Crippen molar-refractivity contribution < 1.29 is 14.3 Å². The number of ether oxygens (including phenoxy) is 2. The van der Waals surface area contributed by atoms with Crippen molar-refractivity contribution >= 4 is 23.0 Å². The van der Waals surface area contributed by atoms with Crippen LogP contribution in [0.25, 0.3) is 22.4 Å². The van der Waals surface area contributed by atoms with E-state index in [9.17, 15) is 4.79 Å². The lowest BCUT2D eigenvalue weighted by atomic mass is 10.1. The van der Waals surface area contributed by atoms with Crippen LogP contribution in [0.1, 0.15) is 18.4 Å². The fourth-order valence-electron chi connectivity index (χ4n) is 3.57. The van der Waals surface area contributed by atoms with E-state index in [2.05, 4.69) is 37.7 Å². The Morgan fingerprint density at radius 2 is 1.79 bits per heavy atom. The molecular weight excluding hydrogens is 430 g/mol. The molecule has 2 N–H and O–H groups in total. The third kappa shape index (κ3) is 5.78. The zero-order chi connectivity index (χ0) is 23.8. The van der Waals surface area contributed by atoms with Crippen molar-refractivity contribution in [2.75, 3.05) is 26.1 Å². The van der Waals surface area contributed by atoms with Gasteiger partial charge in [0.1, 0.15) is 22.8 Å². The number of fused-ring (bicyclic) bond motifs is 1. The number of anilines is 1. The van der Waals surface area contributed by atoms with Gasteiger partial charge in [-0.1, -0.05) is 30.3 Å². The normalized spacial score (nSPS) is 10.6. The topological polar surface area (TPSA) is 98.3 Å². The monoisotopic (exact) mass is 457 g/mol. The highest BCUT2D eigenvalue weighted by molar-refractivity contribution is 5.89. The molecule has 0 aliphatic rings. The minimum absolute atomic E-state index is 0.299. The van der Waals surface area contributed by atoms with E-state index in [0.717, 1.165) is 24.8 Å². The summed E-state index contributed by atoms with van der Waals surface area (Å²) < 4.78 is 10.7. The van der Waals surface area contributed by atoms with Gasteiger partial charge >= 0.3 is 6.03 Å². The summed E-state index contributed by atoms with van der Waals surface area (Å²) in [5.41, 5.74) is 3.74. The van der Waals surface area contributed by atoms with Crippen LogP contribution in [-0.4, -0.2) is 41.7 Å². The Balaban J connectivity index is 1.37. The van der Waals surface area contributed by atoms with Gasteiger partial charge in [-0.05, 0) is 49.1 Å². The van der Waals surface area contributed by atoms with E-state index in [1.54, 1.807) is 38.6 Å². The highest BCUT2D eigenvalue weighted by atomic mass is 16.5. The fraction of sp³-hybridized carbons (Fsp3) is 0.231. The van der Waals surface area contributed by atoms with Gasteiger partial charge in [0.15, 0.2) is 5.65 Å². The molecule has 0 aliphatic carbocycles. The van der Waals surface area contributed by atoms with Crippen molar-refractivity contribution in [3.63, 3.8) is 0 Å². The van der Waals surface area contributed by atoms with E-state index in [1.165, 1.54) is 5.56 Å². The molecule has 0 fully saturated rings. The van der Waals surface area contributed by atoms with E-state index < -0.39 is 0 Å². The number of pyridine rings is 1. The van der Waals surface area contributed by atoms with E-state index in [1.807, 2.05) is 30.3 Å². The van der Waals surface area contributed by atoms with Crippen LogP contribution in [0.2, 0.25) is 0 Å². The van der Waals surface area contributed by atoms with Gasteiger partial charge in [-0.2, -0.15) is 0 Å². The maximum absolute atomic E-state index is 12.3. The molecule has 0 saturated heterocycles. The quantitative estimate of drug-likeness (QED) is 0.349. The Hall–Kier alpha value is -4.20. The summed E-state index contributed by atoms with van der Waals surface area (Å²) in [6.45, 7) is 0.591. The smallest absolute Gasteiger partial charge is 0.320 e. The van der Waals surface area contributed by atoms with E-state index in [4.69, 9.17) is 9.47 Å². The van der Waals surface area contributed by atoms with Crippen molar-refractivity contribution in [1.29, 1.82) is 0 Å². The summed E-state index contributed by atoms with van der Waals surface area (Å²) in [6.07, 6.45) is 4.57. The average Bonchev–Trinajstić information content (AvgIpc) is 2.88. The first-order valence-corrected chi connectivity index (χ1v) is 11.1. The second-order valence-electron chi connectivity index (χ2n) is 7.68. The number of carbonyl (C=O) groups excluding carboxylic acids is 1. The molecule has 8 nitrogen and oxygen atoms in total. The summed E-state index contributed by atoms with van der Waals surface area (Å²) in [6, 6.07) is 19.0. The Bertz CT molecular complexity index is 1260. The molecule has 0 atom stereocenters. The van der Waals surface area contributed by atoms with E-state index >= 15 is 0 Å². The minimum atomic E-state index is -0.299. The van der Waals surface area contributed by atoms with Crippen molar-refractivity contribution in [2.24, 2.45) is 0 Å². The number of unbranched alkanes of at least 4 members (excludes halogenated alkanes) is 1. The maximum Gasteiger partial charge on any atom is 0.320 e. The SMILES string of the molecule is COc1ccc(-c2cnc3ccc(NC(=O)NCCCCc4ccccc4)nc3n2)c(OC)c1. The molecule has 0 aliphatic heterocycles. The van der Waals surface area contributed by atoms with Crippen LogP contribution in [0.3, 0.4) is 0 Å². The second-order valence-corrected chi connectivity index (χ2v) is 7.68. The lowest BCUT2D eigenvalue weighted by molar-refractivity contribution is 0.252. The number of hydrogen-bond donors (Lipinski definition) is 2. The van der Waals surface area contributed by atoms with Crippen molar-refractivity contribution in [2.45, 2.75) is 19.3 Å². The molecule has 0 bridgehead atoms. The zero-order valence-corrected chi connectivity index (χ0v) is 19.2. The van der Waals surface area contributed by atoms with Crippen LogP contribution >= 0.6 is 0 Å². The zero-order valence-electron chi connectivity index (χ0n) is 19.2. The van der Waals surface area contributed by atoms with Crippen molar-refractivity contribution in [1.82, 2.24) is 20.3 Å². The Labute approximate surface area is 198 Å². The molecule has 174 valence electrons. The Morgan fingerprint density at radius 1 is 0.941 bits per heavy atom. The van der Waals surface area contributed by atoms with Gasteiger partial charge in [0.05, 0.1) is 26.1 Å². The van der Waals surface area contributed by atoms with Gasteiger partial charge in [0.2, 0.25) is 0 Å². The molecule has 0 radical (unpaired) electrons. The molecule has 4 aromatic rings. The molecule has 2 amide bonds. The summed E-state index contributed by atoms with van der Waals surface area (Å²) in [5, 5.41) is 5.64. The van der Waals surface area contributed by atoms with E-state index in [-0.39, 0.29) is 6.03 Å². The highest BCUT2D eigenvalue weighted by Crippen LogP contribution is 2.32. The summed E-state index contributed by atoms with van der Waals surface area (Å²) in [5.74, 6) is 1.71. The first kappa shape index (κ1) is 23.0. The van der Waals surface area contributed by atoms with E-state index in [0.29, 0.717) is 40.7 Å². The van der Waals surface area contributed by atoms with Crippen LogP contribution in [0.15, 0.2) is 66.9 Å². The molecule has 2 aromatic carbocycles. The first-order chi connectivity index (χ1) is 16.7. The number of urea groups is 1. The molecule has 0 spiro atoms. The molecule has 2 aromatic heterocycles. The van der Waals surface area contributed by atoms with Gasteiger partial charge in [-0.15, -0.1) is 0 Å². The maximum atomic E-state index is 12.3. The van der Waals surface area contributed by atoms with Gasteiger partial charge in [-0.3, -0.25) is 10.3 Å². The highest BCUT2D eigenvalue weighted by Gasteiger charge is 2.12. The van der Waals surface area contributed by atoms with Crippen molar-refractivity contribution in [3.8, 4) is 22.8 Å². The third-order valence-corrected chi connectivity index (χ3v) is 5.35. The predicted octanol–water partition coefficient (Wildman–Crippen LogP) is 4.85. The molecule has 2 heterocycles. The van der Waals surface area contributed by atoms with Crippen LogP contribution in [0, 0.1) is 0 Å². The number of carbonyl (C=O) groups is 1. The molecule has 4 rings (SSSR count). The molecule has 8 heteroatoms. The first-order valence-electron chi connectivity index (χ1n) is 11.1. The number of rotatable bonds is 9. The van der Waals surface area contributed by atoms with Crippen LogP contribution in [-0.2, 0) is 6.42 Å². The third-order valence-electron chi connectivity index (χ3n) is 5.35. The second kappa shape index (κ2) is 11.1. The lowest BCUT2D eigenvalue weighted by Gasteiger charge is -2.11. The van der Waals surface area contributed by atoms with Gasteiger partial charge in [0.25, 0.3) is 0 Å². The Morgan fingerprint density at radius 3 is 2.59 bits per heavy atom. The molecular formula is C26H27N5O3. The molecule has 0 saturated carbocycles. The predicted molar refractivity (Wildman–Crippen MR) is 132 cm³/mol. The summed E-state index contributed by atoms with van der Waals surface area (Å²) >= 11 is 0. The largest absolute Gasteiger partial charge is 0.497 e. The average molecular weight is 458 g/mol. The molecule has 34 heavy (non-hydrogen) atoms. The molecule has 0 unspecified atom stereocenters. The lowest BCUT2D eigenvalue weighted by Crippen LogP contribution is -2.29. The summed E-state index contributed by atoms with van der Waals surface area (Å²) in [7, 11) is 3.19.